The van der Waals surface area contributed by atoms with Gasteiger partial charge in [-0.3, -0.25) is 9.59 Å². The van der Waals surface area contributed by atoms with Gasteiger partial charge in [-0.05, 0) is 11.6 Å². The molecule has 2 aliphatic rings. The van der Waals surface area contributed by atoms with Gasteiger partial charge in [0.1, 0.15) is 11.7 Å². The molecule has 1 fully saturated rings. The van der Waals surface area contributed by atoms with Gasteiger partial charge in [0, 0.05) is 24.9 Å². The van der Waals surface area contributed by atoms with E-state index in [-0.39, 0.29) is 0 Å². The summed E-state index contributed by atoms with van der Waals surface area (Å²) in [4.78, 5) is 26.1. The van der Waals surface area contributed by atoms with Crippen molar-refractivity contribution in [2.45, 2.75) is 18.1 Å². The molecule has 0 aliphatic carbocycles. The van der Waals surface area contributed by atoms with E-state index >= 15 is 0 Å². The molecule has 24 heavy (non-hydrogen) atoms. The maximum atomic E-state index is 12.8. The molecule has 1 amide bonds. The average Bonchev–Trinajstić information content (AvgIpc) is 2.60. The number of ether oxygens (including phenoxy) is 1. The van der Waals surface area contributed by atoms with Gasteiger partial charge < -0.3 is 14.7 Å². The van der Waals surface area contributed by atoms with E-state index in [1.54, 1.807) is 7.05 Å². The number of amides is 1. The van der Waals surface area contributed by atoms with Gasteiger partial charge in [0.15, 0.2) is 0 Å². The van der Waals surface area contributed by atoms with Gasteiger partial charge >= 0.3 is 5.97 Å². The van der Waals surface area contributed by atoms with Crippen molar-refractivity contribution in [3.63, 3.8) is 0 Å². The van der Waals surface area contributed by atoms with Gasteiger partial charge in [0.2, 0.25) is 11.6 Å². The number of benzene rings is 2. The summed E-state index contributed by atoms with van der Waals surface area (Å²) in [5.41, 5.74) is 0.672. The van der Waals surface area contributed by atoms with Crippen LogP contribution in [0.15, 0.2) is 54.6 Å². The molecular weight excluding hydrogens is 306 g/mol. The molecule has 3 atom stereocenters. The first kappa shape index (κ1) is 14.8. The first-order chi connectivity index (χ1) is 11.5. The van der Waals surface area contributed by atoms with E-state index in [0.29, 0.717) is 12.2 Å². The molecule has 2 heterocycles. The number of hydrogen-bond acceptors (Lipinski definition) is 3. The van der Waals surface area contributed by atoms with Gasteiger partial charge in [0.25, 0.3) is 0 Å². The second kappa shape index (κ2) is 5.09. The molecule has 0 unspecified atom stereocenters. The first-order valence-corrected chi connectivity index (χ1v) is 7.88. The van der Waals surface area contributed by atoms with Crippen molar-refractivity contribution in [2.24, 2.45) is 5.92 Å². The molecule has 0 radical (unpaired) electrons. The van der Waals surface area contributed by atoms with Crippen molar-refractivity contribution in [3.05, 3.63) is 65.7 Å². The number of fused-ring (bicyclic) bond motifs is 4. The number of piperidine rings is 1. The summed E-state index contributed by atoms with van der Waals surface area (Å²) >= 11 is 0. The van der Waals surface area contributed by atoms with E-state index in [9.17, 15) is 14.7 Å². The Kier molecular flexibility index (Phi) is 3.13. The lowest BCUT2D eigenvalue weighted by Crippen LogP contribution is -2.61. The van der Waals surface area contributed by atoms with E-state index in [4.69, 9.17) is 4.74 Å². The molecule has 5 nitrogen and oxygen atoms in total. The van der Waals surface area contributed by atoms with Gasteiger partial charge in [-0.2, -0.15) is 0 Å². The van der Waals surface area contributed by atoms with Crippen LogP contribution in [0, 0.1) is 5.92 Å². The van der Waals surface area contributed by atoms with E-state index in [0.717, 1.165) is 11.1 Å². The molecule has 2 bridgehead atoms. The fraction of sp³-hybridized carbons (Fsp3) is 0.263. The molecule has 4 rings (SSSR count). The van der Waals surface area contributed by atoms with Crippen LogP contribution in [0.1, 0.15) is 23.5 Å². The summed E-state index contributed by atoms with van der Waals surface area (Å²) < 4.78 is 6.30. The van der Waals surface area contributed by atoms with Crippen LogP contribution in [0.25, 0.3) is 0 Å². The summed E-state index contributed by atoms with van der Waals surface area (Å²) in [6, 6.07) is 16.9. The summed E-state index contributed by atoms with van der Waals surface area (Å²) in [7, 11) is 1.62. The monoisotopic (exact) mass is 323 g/mol. The highest BCUT2D eigenvalue weighted by molar-refractivity contribution is 5.99. The Balaban J connectivity index is 1.95. The van der Waals surface area contributed by atoms with E-state index in [1.807, 2.05) is 54.6 Å². The Morgan fingerprint density at radius 1 is 1.17 bits per heavy atom. The number of carboxylic acid groups (broad SMARTS) is 1. The number of rotatable bonds is 2. The third-order valence-electron chi connectivity index (χ3n) is 5.13. The normalized spacial score (nSPS) is 28.0. The summed E-state index contributed by atoms with van der Waals surface area (Å²) in [5.74, 6) is -2.36. The molecule has 122 valence electrons. The highest BCUT2D eigenvalue weighted by Gasteiger charge is 2.57. The number of hydrogen-bond donors (Lipinski definition) is 1. The SMILES string of the molecule is CN1C(=O)[C@H](C(=O)O)[C@H]2C[C@]1(c1ccccc1)Oc1ccccc12. The number of carbonyl (C=O) groups excluding carboxylic acids is 1. The van der Waals surface area contributed by atoms with Crippen molar-refractivity contribution < 1.29 is 19.4 Å². The van der Waals surface area contributed by atoms with Crippen LogP contribution in [0.4, 0.5) is 0 Å². The van der Waals surface area contributed by atoms with Gasteiger partial charge in [-0.15, -0.1) is 0 Å². The molecule has 1 N–H and O–H groups in total. The topological polar surface area (TPSA) is 66.8 Å². The predicted octanol–water partition coefficient (Wildman–Crippen LogP) is 2.58. The number of nitrogens with zero attached hydrogens (tertiary/aromatic N) is 1. The molecule has 5 heteroatoms. The minimum absolute atomic E-state index is 0.406. The summed E-state index contributed by atoms with van der Waals surface area (Å²) in [6.07, 6.45) is 0.424. The van der Waals surface area contributed by atoms with Crippen molar-refractivity contribution in [3.8, 4) is 5.75 Å². The molecule has 0 spiro atoms. The molecule has 2 aromatic carbocycles. The zero-order chi connectivity index (χ0) is 16.9. The number of para-hydroxylation sites is 1. The minimum Gasteiger partial charge on any atom is -0.481 e. The molecule has 2 aliphatic heterocycles. The van der Waals surface area contributed by atoms with E-state index in [1.165, 1.54) is 4.90 Å². The maximum Gasteiger partial charge on any atom is 0.316 e. The van der Waals surface area contributed by atoms with Gasteiger partial charge in [-0.25, -0.2) is 0 Å². The van der Waals surface area contributed by atoms with Crippen LogP contribution in [0.5, 0.6) is 5.75 Å². The average molecular weight is 323 g/mol. The van der Waals surface area contributed by atoms with Crippen LogP contribution in [-0.2, 0) is 15.3 Å². The number of carboxylic acids is 1. The fourth-order valence-corrected chi connectivity index (χ4v) is 3.92. The Morgan fingerprint density at radius 3 is 2.54 bits per heavy atom. The zero-order valence-electron chi connectivity index (χ0n) is 13.2. The molecule has 0 saturated carbocycles. The van der Waals surface area contributed by atoms with Crippen LogP contribution in [-0.4, -0.2) is 28.9 Å². The highest BCUT2D eigenvalue weighted by Crippen LogP contribution is 2.53. The number of carbonyl (C=O) groups is 2. The number of aliphatic carboxylic acids is 1. The Bertz CT molecular complexity index is 819. The van der Waals surface area contributed by atoms with Crippen LogP contribution < -0.4 is 4.74 Å². The standard InChI is InChI=1S/C19H17NO4/c1-20-17(21)16(18(22)23)14-11-19(20,12-7-3-2-4-8-12)24-15-10-6-5-9-13(14)15/h2-10,14,16H,11H2,1H3,(H,22,23)/t14-,16+,19+/m0/s1. The summed E-state index contributed by atoms with van der Waals surface area (Å²) in [6.45, 7) is 0. The minimum atomic E-state index is -1.09. The van der Waals surface area contributed by atoms with Crippen molar-refractivity contribution >= 4 is 11.9 Å². The van der Waals surface area contributed by atoms with Gasteiger partial charge in [0.05, 0.1) is 0 Å². The smallest absolute Gasteiger partial charge is 0.316 e. The summed E-state index contributed by atoms with van der Waals surface area (Å²) in [5, 5.41) is 9.63. The van der Waals surface area contributed by atoms with Gasteiger partial charge in [-0.1, -0.05) is 48.5 Å². The van der Waals surface area contributed by atoms with Crippen molar-refractivity contribution in [1.82, 2.24) is 4.90 Å². The van der Waals surface area contributed by atoms with Crippen LogP contribution >= 0.6 is 0 Å². The quantitative estimate of drug-likeness (QED) is 0.863. The van der Waals surface area contributed by atoms with Crippen LogP contribution in [0.3, 0.4) is 0 Å². The third kappa shape index (κ3) is 1.87. The van der Waals surface area contributed by atoms with E-state index < -0.39 is 29.4 Å². The largest absolute Gasteiger partial charge is 0.481 e. The number of likely N-dealkylation sites (tertiary alicyclic amines) is 1. The zero-order valence-corrected chi connectivity index (χ0v) is 13.2. The predicted molar refractivity (Wildman–Crippen MR) is 86.4 cm³/mol. The van der Waals surface area contributed by atoms with Crippen molar-refractivity contribution in [1.29, 1.82) is 0 Å². The Hall–Kier alpha value is -2.82. The Labute approximate surface area is 139 Å². The Morgan fingerprint density at radius 2 is 1.83 bits per heavy atom. The fourth-order valence-electron chi connectivity index (χ4n) is 3.92. The first-order valence-electron chi connectivity index (χ1n) is 7.88. The van der Waals surface area contributed by atoms with E-state index in [2.05, 4.69) is 0 Å². The lowest BCUT2D eigenvalue weighted by atomic mass is 9.72. The maximum absolute atomic E-state index is 12.8. The third-order valence-corrected chi connectivity index (χ3v) is 5.13. The molecule has 2 aromatic rings. The molecule has 1 saturated heterocycles. The molecule has 0 aromatic heterocycles. The van der Waals surface area contributed by atoms with Crippen molar-refractivity contribution in [2.75, 3.05) is 7.05 Å². The van der Waals surface area contributed by atoms with Crippen LogP contribution in [0.2, 0.25) is 0 Å². The lowest BCUT2D eigenvalue weighted by molar-refractivity contribution is -0.182. The molecular formula is C19H17NO4. The second-order valence-electron chi connectivity index (χ2n) is 6.31. The second-order valence-corrected chi connectivity index (χ2v) is 6.31. The lowest BCUT2D eigenvalue weighted by Gasteiger charge is -2.52. The highest BCUT2D eigenvalue weighted by atomic mass is 16.5.